The SMILES string of the molecule is NC(=N/N=C\c1ccc(-c2cccc(C(=O)O)c2)o1)N[N+](=O)[O-]. The molecule has 23 heavy (non-hydrogen) atoms. The van der Waals surface area contributed by atoms with Gasteiger partial charge in [-0.3, -0.25) is 0 Å². The molecule has 0 spiro atoms. The molecule has 10 nitrogen and oxygen atoms in total. The quantitative estimate of drug-likeness (QED) is 0.322. The normalized spacial score (nSPS) is 11.6. The number of nitrogens with zero attached hydrogens (tertiary/aromatic N) is 3. The van der Waals surface area contributed by atoms with Crippen LogP contribution >= 0.6 is 0 Å². The third-order valence-corrected chi connectivity index (χ3v) is 2.58. The van der Waals surface area contributed by atoms with E-state index in [2.05, 4.69) is 10.2 Å². The van der Waals surface area contributed by atoms with Crippen LogP contribution < -0.4 is 11.2 Å². The highest BCUT2D eigenvalue weighted by atomic mass is 16.7. The lowest BCUT2D eigenvalue weighted by Gasteiger charge is -1.98. The Hall–Kier alpha value is -3.69. The Morgan fingerprint density at radius 3 is 2.87 bits per heavy atom. The number of carboxylic acids is 1. The van der Waals surface area contributed by atoms with Gasteiger partial charge in [-0.25, -0.2) is 14.9 Å². The number of nitro groups is 1. The van der Waals surface area contributed by atoms with E-state index in [1.165, 1.54) is 18.3 Å². The molecule has 10 heteroatoms. The fraction of sp³-hybridized carbons (Fsp3) is 0. The van der Waals surface area contributed by atoms with Gasteiger partial charge in [-0.05, 0) is 24.3 Å². The second kappa shape index (κ2) is 6.85. The van der Waals surface area contributed by atoms with Crippen LogP contribution in [0, 0.1) is 10.1 Å². The van der Waals surface area contributed by atoms with Crippen LogP contribution in [0.5, 0.6) is 0 Å². The number of hydrazine groups is 1. The zero-order valence-electron chi connectivity index (χ0n) is 11.5. The number of hydrogen-bond donors (Lipinski definition) is 3. The van der Waals surface area contributed by atoms with Gasteiger partial charge in [0.15, 0.2) is 5.03 Å². The molecule has 118 valence electrons. The van der Waals surface area contributed by atoms with Gasteiger partial charge in [0.25, 0.3) is 5.96 Å². The van der Waals surface area contributed by atoms with Crippen LogP contribution in [-0.4, -0.2) is 28.3 Å². The molecule has 1 heterocycles. The number of benzene rings is 1. The van der Waals surface area contributed by atoms with Crippen molar-refractivity contribution in [1.82, 2.24) is 5.43 Å². The number of guanidine groups is 1. The predicted octanol–water partition coefficient (Wildman–Crippen LogP) is 1.07. The molecule has 0 saturated carbocycles. The first-order valence-corrected chi connectivity index (χ1v) is 6.17. The smallest absolute Gasteiger partial charge is 0.335 e. The Bertz CT molecular complexity index is 796. The van der Waals surface area contributed by atoms with Gasteiger partial charge in [0.1, 0.15) is 11.5 Å². The fourth-order valence-electron chi connectivity index (χ4n) is 1.65. The number of furan rings is 1. The second-order valence-corrected chi connectivity index (χ2v) is 4.19. The fourth-order valence-corrected chi connectivity index (χ4v) is 1.65. The van der Waals surface area contributed by atoms with Gasteiger partial charge in [0, 0.05) is 5.56 Å². The van der Waals surface area contributed by atoms with Gasteiger partial charge in [-0.2, -0.15) is 5.10 Å². The first-order valence-electron chi connectivity index (χ1n) is 6.17. The first-order chi connectivity index (χ1) is 11.0. The molecule has 0 radical (unpaired) electrons. The molecule has 4 N–H and O–H groups in total. The molecule has 0 fully saturated rings. The number of carboxylic acid groups (broad SMARTS) is 1. The molecule has 0 amide bonds. The maximum absolute atomic E-state index is 10.9. The molecule has 0 bridgehead atoms. The average Bonchev–Trinajstić information content (AvgIpc) is 2.95. The highest BCUT2D eigenvalue weighted by molar-refractivity contribution is 5.89. The summed E-state index contributed by atoms with van der Waals surface area (Å²) >= 11 is 0. The molecule has 1 aromatic carbocycles. The number of hydrogen-bond acceptors (Lipinski definition) is 6. The summed E-state index contributed by atoms with van der Waals surface area (Å²) in [6, 6.07) is 9.45. The van der Waals surface area contributed by atoms with E-state index in [1.54, 1.807) is 29.7 Å². The minimum Gasteiger partial charge on any atom is -0.478 e. The third kappa shape index (κ3) is 4.39. The molecular formula is C13H11N5O5. The van der Waals surface area contributed by atoms with Crippen molar-refractivity contribution >= 4 is 18.1 Å². The molecule has 2 rings (SSSR count). The first kappa shape index (κ1) is 15.7. The van der Waals surface area contributed by atoms with Gasteiger partial charge < -0.3 is 15.3 Å². The van der Waals surface area contributed by atoms with Gasteiger partial charge in [0.05, 0.1) is 11.8 Å². The van der Waals surface area contributed by atoms with Crippen LogP contribution in [0.15, 0.2) is 51.0 Å². The van der Waals surface area contributed by atoms with Crippen molar-refractivity contribution in [2.24, 2.45) is 15.9 Å². The van der Waals surface area contributed by atoms with Crippen LogP contribution in [0.3, 0.4) is 0 Å². The molecule has 0 atom stereocenters. The zero-order chi connectivity index (χ0) is 16.8. The Labute approximate surface area is 129 Å². The molecule has 1 aromatic heterocycles. The Morgan fingerprint density at radius 1 is 1.39 bits per heavy atom. The van der Waals surface area contributed by atoms with Gasteiger partial charge in [0.2, 0.25) is 0 Å². The maximum Gasteiger partial charge on any atom is 0.335 e. The van der Waals surface area contributed by atoms with Crippen LogP contribution in [0.25, 0.3) is 11.3 Å². The lowest BCUT2D eigenvalue weighted by molar-refractivity contribution is -0.525. The largest absolute Gasteiger partial charge is 0.478 e. The number of nitrogens with one attached hydrogen (secondary N) is 1. The van der Waals surface area contributed by atoms with Gasteiger partial charge >= 0.3 is 5.97 Å². The second-order valence-electron chi connectivity index (χ2n) is 4.19. The summed E-state index contributed by atoms with van der Waals surface area (Å²) < 4.78 is 5.46. The van der Waals surface area contributed by atoms with E-state index in [-0.39, 0.29) is 5.56 Å². The van der Waals surface area contributed by atoms with E-state index in [9.17, 15) is 14.9 Å². The van der Waals surface area contributed by atoms with Crippen molar-refractivity contribution in [3.63, 3.8) is 0 Å². The number of carbonyl (C=O) groups is 1. The van der Waals surface area contributed by atoms with Crippen molar-refractivity contribution in [1.29, 1.82) is 0 Å². The number of rotatable bonds is 5. The lowest BCUT2D eigenvalue weighted by Crippen LogP contribution is -2.35. The van der Waals surface area contributed by atoms with E-state index in [4.69, 9.17) is 15.3 Å². The molecule has 0 saturated heterocycles. The van der Waals surface area contributed by atoms with E-state index >= 15 is 0 Å². The number of nitrogens with two attached hydrogens (primary N) is 1. The minimum absolute atomic E-state index is 0.136. The molecule has 0 aliphatic heterocycles. The molecule has 0 unspecified atom stereocenters. The molecular weight excluding hydrogens is 306 g/mol. The summed E-state index contributed by atoms with van der Waals surface area (Å²) in [4.78, 5) is 21.0. The summed E-state index contributed by atoms with van der Waals surface area (Å²) in [6.45, 7) is 0. The summed E-state index contributed by atoms with van der Waals surface area (Å²) in [7, 11) is 0. The van der Waals surface area contributed by atoms with Crippen molar-refractivity contribution in [2.45, 2.75) is 0 Å². The van der Waals surface area contributed by atoms with E-state index in [1.807, 2.05) is 0 Å². The van der Waals surface area contributed by atoms with E-state index in [0.717, 1.165) is 0 Å². The summed E-state index contributed by atoms with van der Waals surface area (Å²) in [6.07, 6.45) is 1.21. The van der Waals surface area contributed by atoms with Crippen molar-refractivity contribution in [2.75, 3.05) is 0 Å². The topological polar surface area (TPSA) is 156 Å². The van der Waals surface area contributed by atoms with Crippen LogP contribution in [0.1, 0.15) is 16.1 Å². The van der Waals surface area contributed by atoms with Gasteiger partial charge in [-0.15, -0.1) is 5.10 Å². The Balaban J connectivity index is 2.13. The Morgan fingerprint density at radius 2 is 2.17 bits per heavy atom. The Kier molecular flexibility index (Phi) is 4.67. The molecule has 0 aliphatic carbocycles. The van der Waals surface area contributed by atoms with Gasteiger partial charge in [-0.1, -0.05) is 17.6 Å². The third-order valence-electron chi connectivity index (χ3n) is 2.58. The van der Waals surface area contributed by atoms with Crippen LogP contribution in [0.4, 0.5) is 0 Å². The number of aromatic carboxylic acids is 1. The lowest BCUT2D eigenvalue weighted by atomic mass is 10.1. The van der Waals surface area contributed by atoms with E-state index < -0.39 is 17.0 Å². The summed E-state index contributed by atoms with van der Waals surface area (Å²) in [5, 5.41) is 25.1. The summed E-state index contributed by atoms with van der Waals surface area (Å²) in [5.74, 6) is -0.760. The van der Waals surface area contributed by atoms with Crippen LogP contribution in [0.2, 0.25) is 0 Å². The van der Waals surface area contributed by atoms with Crippen molar-refractivity contribution < 1.29 is 19.4 Å². The molecule has 0 aliphatic rings. The van der Waals surface area contributed by atoms with Crippen LogP contribution in [-0.2, 0) is 0 Å². The average molecular weight is 317 g/mol. The minimum atomic E-state index is -1.04. The summed E-state index contributed by atoms with van der Waals surface area (Å²) in [5.41, 5.74) is 7.53. The molecule has 2 aromatic rings. The monoisotopic (exact) mass is 317 g/mol. The predicted molar refractivity (Wildman–Crippen MR) is 80.4 cm³/mol. The highest BCUT2D eigenvalue weighted by Gasteiger charge is 2.07. The maximum atomic E-state index is 10.9. The van der Waals surface area contributed by atoms with Crippen molar-refractivity contribution in [3.05, 3.63) is 57.8 Å². The highest BCUT2D eigenvalue weighted by Crippen LogP contribution is 2.22. The van der Waals surface area contributed by atoms with Crippen molar-refractivity contribution in [3.8, 4) is 11.3 Å². The zero-order valence-corrected chi connectivity index (χ0v) is 11.5. The standard InChI is InChI=1S/C13H11N5O5/c14-13(17-18(21)22)16-15-7-10-4-5-11(23-10)8-2-1-3-9(6-8)12(19)20/h1-7H,(H,19,20)(H3,14,16,17)/b15-7-. The van der Waals surface area contributed by atoms with E-state index in [0.29, 0.717) is 17.1 Å².